The van der Waals surface area contributed by atoms with Crippen LogP contribution >= 0.6 is 0 Å². The third kappa shape index (κ3) is 5.49. The van der Waals surface area contributed by atoms with E-state index < -0.39 is 12.8 Å². The topological polar surface area (TPSA) is 9.23 Å². The van der Waals surface area contributed by atoms with E-state index in [-0.39, 0.29) is 5.75 Å². The van der Waals surface area contributed by atoms with Crippen LogP contribution in [0.15, 0.2) is 60.7 Å². The Bertz CT molecular complexity index is 882. The van der Waals surface area contributed by atoms with Crippen LogP contribution in [0.5, 0.6) is 5.75 Å². The highest BCUT2D eigenvalue weighted by Crippen LogP contribution is 2.28. The number of aryl methyl sites for hydroxylation is 1. The molecule has 0 amide bonds. The second-order valence-electron chi connectivity index (χ2n) is 6.78. The van der Waals surface area contributed by atoms with Crippen LogP contribution in [0.2, 0.25) is 0 Å². The lowest BCUT2D eigenvalue weighted by atomic mass is 9.99. The summed E-state index contributed by atoms with van der Waals surface area (Å²) in [5, 5.41) is 1.83. The van der Waals surface area contributed by atoms with Crippen LogP contribution in [0.3, 0.4) is 0 Å². The molecule has 0 atom stereocenters. The Hall–Kier alpha value is -2.49. The summed E-state index contributed by atoms with van der Waals surface area (Å²) in [6.45, 7) is 0.926. The van der Waals surface area contributed by atoms with Gasteiger partial charge in [0.2, 0.25) is 0 Å². The van der Waals surface area contributed by atoms with E-state index in [2.05, 4.69) is 37.3 Å². The van der Waals surface area contributed by atoms with Crippen molar-refractivity contribution in [2.24, 2.45) is 0 Å². The Kier molecular flexibility index (Phi) is 6.04. The fraction of sp³-hybridized carbons (Fsp3) is 0.304. The summed E-state index contributed by atoms with van der Waals surface area (Å²) < 4.78 is 41.7. The molecular formula is C23H23F3O. The summed E-state index contributed by atoms with van der Waals surface area (Å²) in [5.74, 6) is 0.226. The van der Waals surface area contributed by atoms with Crippen LogP contribution in [0.25, 0.3) is 21.9 Å². The molecule has 27 heavy (non-hydrogen) atoms. The van der Waals surface area contributed by atoms with Gasteiger partial charge in [0.05, 0.1) is 0 Å². The fourth-order valence-corrected chi connectivity index (χ4v) is 3.10. The molecule has 0 aliphatic carbocycles. The third-order valence-electron chi connectivity index (χ3n) is 4.57. The molecule has 1 nitrogen and oxygen atoms in total. The Balaban J connectivity index is 1.74. The molecule has 0 aliphatic rings. The molecular weight excluding hydrogens is 349 g/mol. The van der Waals surface area contributed by atoms with Crippen LogP contribution in [0.1, 0.15) is 31.7 Å². The number of halogens is 3. The number of alkyl halides is 3. The van der Waals surface area contributed by atoms with Crippen molar-refractivity contribution in [2.75, 3.05) is 6.61 Å². The number of hydrogen-bond acceptors (Lipinski definition) is 1. The molecule has 0 N–H and O–H groups in total. The van der Waals surface area contributed by atoms with Gasteiger partial charge in [-0.15, -0.1) is 0 Å². The molecule has 0 bridgehead atoms. The molecule has 3 aromatic rings. The predicted molar refractivity (Wildman–Crippen MR) is 104 cm³/mol. The lowest BCUT2D eigenvalue weighted by Gasteiger charge is -2.10. The standard InChI is InChI=1S/C23H23F3O/c1-2-3-4-5-17-6-8-18(9-7-17)19-10-11-21-15-22(13-12-20(21)14-19)27-16-23(24,25)26/h6-15H,2-5,16H2,1H3. The molecule has 0 heterocycles. The molecule has 3 aromatic carbocycles. The molecule has 0 aliphatic heterocycles. The van der Waals surface area contributed by atoms with Crippen molar-refractivity contribution in [3.05, 3.63) is 66.2 Å². The maximum atomic E-state index is 12.3. The largest absolute Gasteiger partial charge is 0.484 e. The third-order valence-corrected chi connectivity index (χ3v) is 4.57. The van der Waals surface area contributed by atoms with E-state index >= 15 is 0 Å². The van der Waals surface area contributed by atoms with Crippen LogP contribution < -0.4 is 4.74 Å². The zero-order chi connectivity index (χ0) is 19.3. The van der Waals surface area contributed by atoms with Gasteiger partial charge in [0.25, 0.3) is 0 Å². The van der Waals surface area contributed by atoms with Crippen molar-refractivity contribution in [3.63, 3.8) is 0 Å². The van der Waals surface area contributed by atoms with E-state index in [1.165, 1.54) is 24.8 Å². The van der Waals surface area contributed by atoms with Gasteiger partial charge in [0.15, 0.2) is 6.61 Å². The van der Waals surface area contributed by atoms with Gasteiger partial charge in [-0.1, -0.05) is 62.2 Å². The highest BCUT2D eigenvalue weighted by atomic mass is 19.4. The maximum Gasteiger partial charge on any atom is 0.422 e. The smallest absolute Gasteiger partial charge is 0.422 e. The number of hydrogen-bond donors (Lipinski definition) is 0. The first-order chi connectivity index (χ1) is 12.9. The zero-order valence-corrected chi connectivity index (χ0v) is 15.4. The number of rotatable bonds is 7. The van der Waals surface area contributed by atoms with Crippen molar-refractivity contribution in [3.8, 4) is 16.9 Å². The summed E-state index contributed by atoms with van der Waals surface area (Å²) in [6.07, 6.45) is 0.456. The van der Waals surface area contributed by atoms with Gasteiger partial charge >= 0.3 is 6.18 Å². The Morgan fingerprint density at radius 3 is 2.15 bits per heavy atom. The molecule has 0 saturated carbocycles. The van der Waals surface area contributed by atoms with Crippen LogP contribution in [-0.4, -0.2) is 12.8 Å². The first-order valence-electron chi connectivity index (χ1n) is 9.27. The lowest BCUT2D eigenvalue weighted by Crippen LogP contribution is -2.19. The first-order valence-corrected chi connectivity index (χ1v) is 9.27. The van der Waals surface area contributed by atoms with Gasteiger partial charge in [-0.05, 0) is 58.5 Å². The maximum absolute atomic E-state index is 12.3. The van der Waals surface area contributed by atoms with Crippen molar-refractivity contribution >= 4 is 10.8 Å². The van der Waals surface area contributed by atoms with Gasteiger partial charge in [0.1, 0.15) is 5.75 Å². The molecule has 142 valence electrons. The lowest BCUT2D eigenvalue weighted by molar-refractivity contribution is -0.153. The van der Waals surface area contributed by atoms with Crippen molar-refractivity contribution in [1.29, 1.82) is 0 Å². The Labute approximate surface area is 157 Å². The second-order valence-corrected chi connectivity index (χ2v) is 6.78. The molecule has 0 saturated heterocycles. The Morgan fingerprint density at radius 2 is 1.44 bits per heavy atom. The first kappa shape index (κ1) is 19.3. The average Bonchev–Trinajstić information content (AvgIpc) is 2.66. The quantitative estimate of drug-likeness (QED) is 0.399. The van der Waals surface area contributed by atoms with Crippen LogP contribution in [-0.2, 0) is 6.42 Å². The normalized spacial score (nSPS) is 11.7. The molecule has 0 unspecified atom stereocenters. The molecule has 0 spiro atoms. The van der Waals surface area contributed by atoms with Crippen LogP contribution in [0.4, 0.5) is 13.2 Å². The minimum atomic E-state index is -4.33. The summed E-state index contributed by atoms with van der Waals surface area (Å²) in [6, 6.07) is 19.6. The van der Waals surface area contributed by atoms with Crippen LogP contribution in [0, 0.1) is 0 Å². The zero-order valence-electron chi connectivity index (χ0n) is 15.4. The molecule has 0 aromatic heterocycles. The van der Waals surface area contributed by atoms with E-state index in [4.69, 9.17) is 4.74 Å². The highest BCUT2D eigenvalue weighted by molar-refractivity contribution is 5.88. The number of unbranched alkanes of at least 4 members (excludes halogenated alkanes) is 2. The van der Waals surface area contributed by atoms with Gasteiger partial charge in [-0.2, -0.15) is 13.2 Å². The average molecular weight is 372 g/mol. The van der Waals surface area contributed by atoms with E-state index in [9.17, 15) is 13.2 Å². The summed E-state index contributed by atoms with van der Waals surface area (Å²) >= 11 is 0. The van der Waals surface area contributed by atoms with Crippen molar-refractivity contribution in [2.45, 2.75) is 38.8 Å². The molecule has 3 rings (SSSR count). The van der Waals surface area contributed by atoms with E-state index in [1.807, 2.05) is 12.1 Å². The fourth-order valence-electron chi connectivity index (χ4n) is 3.10. The minimum Gasteiger partial charge on any atom is -0.484 e. The van der Waals surface area contributed by atoms with E-state index in [0.717, 1.165) is 28.3 Å². The summed E-state index contributed by atoms with van der Waals surface area (Å²) in [5.41, 5.74) is 3.57. The van der Waals surface area contributed by atoms with E-state index in [0.29, 0.717) is 0 Å². The van der Waals surface area contributed by atoms with Crippen molar-refractivity contribution in [1.82, 2.24) is 0 Å². The molecule has 4 heteroatoms. The van der Waals surface area contributed by atoms with Gasteiger partial charge in [-0.3, -0.25) is 0 Å². The van der Waals surface area contributed by atoms with Gasteiger partial charge in [-0.25, -0.2) is 0 Å². The van der Waals surface area contributed by atoms with Crippen molar-refractivity contribution < 1.29 is 17.9 Å². The predicted octanol–water partition coefficient (Wildman–Crippen LogP) is 7.18. The number of fused-ring (bicyclic) bond motifs is 1. The SMILES string of the molecule is CCCCCc1ccc(-c2ccc3cc(OCC(F)(F)F)ccc3c2)cc1. The molecule has 0 fully saturated rings. The monoisotopic (exact) mass is 372 g/mol. The second kappa shape index (κ2) is 8.47. The minimum absolute atomic E-state index is 0.226. The van der Waals surface area contributed by atoms with Gasteiger partial charge < -0.3 is 4.74 Å². The van der Waals surface area contributed by atoms with Gasteiger partial charge in [0, 0.05) is 0 Å². The molecule has 0 radical (unpaired) electrons. The number of benzene rings is 3. The Morgan fingerprint density at radius 1 is 0.778 bits per heavy atom. The summed E-state index contributed by atoms with van der Waals surface area (Å²) in [4.78, 5) is 0. The van der Waals surface area contributed by atoms with E-state index in [1.54, 1.807) is 18.2 Å². The highest BCUT2D eigenvalue weighted by Gasteiger charge is 2.28. The number of ether oxygens (including phenoxy) is 1. The summed E-state index contributed by atoms with van der Waals surface area (Å²) in [7, 11) is 0.